The minimum atomic E-state index is -4.93. The molecule has 2 atom stereocenters. The summed E-state index contributed by atoms with van der Waals surface area (Å²) in [6.45, 7) is -0.148. The van der Waals surface area contributed by atoms with Crippen LogP contribution < -0.4 is 14.8 Å². The Hall–Kier alpha value is -3.39. The van der Waals surface area contributed by atoms with Crippen molar-refractivity contribution in [2.75, 3.05) is 13.7 Å². The second-order valence-corrected chi connectivity index (χ2v) is 8.53. The van der Waals surface area contributed by atoms with E-state index in [1.165, 1.54) is 46.7 Å². The quantitative estimate of drug-likeness (QED) is 0.263. The molecule has 0 aromatic heterocycles. The first-order chi connectivity index (χ1) is 16.9. The van der Waals surface area contributed by atoms with Crippen LogP contribution in [-0.2, 0) is 16.6 Å². The van der Waals surface area contributed by atoms with E-state index in [0.717, 1.165) is 11.6 Å². The number of amides is 1. The number of halogens is 5. The van der Waals surface area contributed by atoms with Crippen molar-refractivity contribution in [2.24, 2.45) is 0 Å². The number of hydrogen-bond acceptors (Lipinski definition) is 4. The van der Waals surface area contributed by atoms with E-state index in [2.05, 4.69) is 10.1 Å². The molecule has 1 N–H and O–H groups in total. The van der Waals surface area contributed by atoms with E-state index in [4.69, 9.17) is 9.47 Å². The molecule has 2 unspecified atom stereocenters. The van der Waals surface area contributed by atoms with E-state index in [1.54, 1.807) is 42.5 Å². The summed E-state index contributed by atoms with van der Waals surface area (Å²) >= 11 is 0. The van der Waals surface area contributed by atoms with E-state index < -0.39 is 29.5 Å². The number of nitrogens with one attached hydrogen (secondary N) is 1. The van der Waals surface area contributed by atoms with Gasteiger partial charge in [-0.25, -0.2) is 4.79 Å². The average molecular weight is 527 g/mol. The summed E-state index contributed by atoms with van der Waals surface area (Å²) in [6.07, 6.45) is -5.53. The van der Waals surface area contributed by atoms with E-state index in [9.17, 15) is 26.7 Å². The molecule has 0 heterocycles. The van der Waals surface area contributed by atoms with Crippen LogP contribution in [0.15, 0.2) is 78.9 Å². The Kier molecular flexibility index (Phi) is 8.40. The summed E-state index contributed by atoms with van der Waals surface area (Å²) in [5.74, 6) is -4.20. The first-order valence-corrected chi connectivity index (χ1v) is 11.2. The molecule has 0 saturated heterocycles. The van der Waals surface area contributed by atoms with Gasteiger partial charge in [-0.05, 0) is 56.6 Å². The monoisotopic (exact) mass is 527 g/mol. The molecule has 0 radical (unpaired) electrons. The number of carbonyl (C=O) groups excluding carboxylic acids is 1. The molecule has 0 aliphatic heterocycles. The fourth-order valence-electron chi connectivity index (χ4n) is 3.88. The molecule has 0 spiro atoms. The molecular weight excluding hydrogens is 504 g/mol. The zero-order valence-electron chi connectivity index (χ0n) is 19.0. The van der Waals surface area contributed by atoms with Gasteiger partial charge in [0.15, 0.2) is 0 Å². The number of benzene rings is 3. The minimum Gasteiger partial charge on any atom is -0.453 e. The zero-order chi connectivity index (χ0) is 26.4. The number of methoxy groups -OCH3 is 1. The average Bonchev–Trinajstić information content (AvgIpc) is 2.80. The van der Waals surface area contributed by atoms with Gasteiger partial charge in [0.25, 0.3) is 0 Å². The van der Waals surface area contributed by atoms with Crippen molar-refractivity contribution in [2.45, 2.75) is 24.0 Å². The highest BCUT2D eigenvalue weighted by molar-refractivity contribution is 7.17. The zero-order valence-corrected chi connectivity index (χ0v) is 20.2. The smallest absolute Gasteiger partial charge is 0.453 e. The molecule has 0 fully saturated rings. The highest BCUT2D eigenvalue weighted by Crippen LogP contribution is 2.40. The van der Waals surface area contributed by atoms with Crippen LogP contribution in [0.5, 0.6) is 11.5 Å². The van der Waals surface area contributed by atoms with Crippen LogP contribution in [0.25, 0.3) is 0 Å². The van der Waals surface area contributed by atoms with Gasteiger partial charge in [0.05, 0.1) is 7.11 Å². The maximum absolute atomic E-state index is 13.6. The summed E-state index contributed by atoms with van der Waals surface area (Å²) in [5.41, 5.74) is 0.266. The third-order valence-corrected chi connectivity index (χ3v) is 5.45. The van der Waals surface area contributed by atoms with E-state index >= 15 is 0 Å². The van der Waals surface area contributed by atoms with Gasteiger partial charge in [0.2, 0.25) is 0 Å². The first kappa shape index (κ1) is 27.2. The van der Waals surface area contributed by atoms with Crippen molar-refractivity contribution < 1.29 is 41.0 Å². The van der Waals surface area contributed by atoms with Gasteiger partial charge in [-0.2, -0.15) is 8.78 Å². The van der Waals surface area contributed by atoms with Gasteiger partial charge >= 0.3 is 18.3 Å². The van der Waals surface area contributed by atoms with Crippen molar-refractivity contribution in [1.29, 1.82) is 0 Å². The number of carbonyl (C=O) groups is 1. The third kappa shape index (κ3) is 7.55. The third-order valence-electron chi connectivity index (χ3n) is 5.33. The van der Waals surface area contributed by atoms with Crippen molar-refractivity contribution in [3.05, 3.63) is 95.6 Å². The lowest BCUT2D eigenvalue weighted by molar-refractivity contribution is -0.274. The van der Waals surface area contributed by atoms with Gasteiger partial charge in [-0.3, -0.25) is 0 Å². The molecule has 3 rings (SSSR count). The summed E-state index contributed by atoms with van der Waals surface area (Å²) in [7, 11) is 2.44. The number of ether oxygens (including phenoxy) is 3. The standard InChI is InChI=1S/C25H23F5NO4P/c1-33-22(32)31-16-23(15-17-7-3-2-4-8-17,18-9-5-11-20(13-18)34-24(26,27)28)19-10-6-12-21(14-19)35-25(29,30)36/h2-14H,15-16,36H2,1H3,(H,31,32). The lowest BCUT2D eigenvalue weighted by Gasteiger charge is -2.36. The fraction of sp³-hybridized carbons (Fsp3) is 0.240. The van der Waals surface area contributed by atoms with E-state index in [-0.39, 0.29) is 18.7 Å². The lowest BCUT2D eigenvalue weighted by atomic mass is 9.70. The van der Waals surface area contributed by atoms with Crippen LogP contribution in [0.1, 0.15) is 16.7 Å². The van der Waals surface area contributed by atoms with Crippen molar-refractivity contribution >= 4 is 15.3 Å². The molecule has 0 aliphatic rings. The molecule has 0 aliphatic carbocycles. The Morgan fingerprint density at radius 3 is 1.89 bits per heavy atom. The number of alkyl halides is 5. The number of hydrogen-bond donors (Lipinski definition) is 1. The Morgan fingerprint density at radius 1 is 0.833 bits per heavy atom. The van der Waals surface area contributed by atoms with Crippen LogP contribution in [0, 0.1) is 0 Å². The number of alkyl carbamates (subject to hydrolysis) is 1. The van der Waals surface area contributed by atoms with Crippen molar-refractivity contribution in [3.8, 4) is 11.5 Å². The highest BCUT2D eigenvalue weighted by atomic mass is 31.0. The van der Waals surface area contributed by atoms with Gasteiger partial charge in [-0.1, -0.05) is 54.6 Å². The first-order valence-electron chi connectivity index (χ1n) is 10.6. The van der Waals surface area contributed by atoms with Gasteiger partial charge in [0.1, 0.15) is 11.5 Å². The molecule has 3 aromatic rings. The summed E-state index contributed by atoms with van der Waals surface area (Å²) in [5, 5.41) is 2.61. The van der Waals surface area contributed by atoms with Crippen LogP contribution in [-0.4, -0.2) is 32.0 Å². The second-order valence-electron chi connectivity index (χ2n) is 7.86. The SMILES string of the molecule is COC(=O)NCC(Cc1ccccc1)(c1cccc(OC(F)(F)F)c1)c1cccc(OC(F)(F)P)c1. The van der Waals surface area contributed by atoms with Crippen LogP contribution in [0.3, 0.4) is 0 Å². The molecule has 11 heteroatoms. The molecule has 192 valence electrons. The van der Waals surface area contributed by atoms with Gasteiger partial charge in [0, 0.05) is 12.0 Å². The second kappa shape index (κ2) is 11.1. The topological polar surface area (TPSA) is 56.8 Å². The maximum atomic E-state index is 13.6. The van der Waals surface area contributed by atoms with Crippen molar-refractivity contribution in [1.82, 2.24) is 5.32 Å². The molecule has 36 heavy (non-hydrogen) atoms. The maximum Gasteiger partial charge on any atom is 0.573 e. The lowest BCUT2D eigenvalue weighted by Crippen LogP contribution is -2.43. The minimum absolute atomic E-state index is 0.148. The van der Waals surface area contributed by atoms with E-state index in [0.29, 0.717) is 11.1 Å². The summed E-state index contributed by atoms with van der Waals surface area (Å²) in [4.78, 5) is 12.0. The van der Waals surface area contributed by atoms with Crippen molar-refractivity contribution in [3.63, 3.8) is 0 Å². The van der Waals surface area contributed by atoms with Crippen LogP contribution in [0.2, 0.25) is 0 Å². The number of rotatable bonds is 9. The molecule has 3 aromatic carbocycles. The molecule has 0 saturated carbocycles. The molecular formula is C25H23F5NO4P. The Bertz CT molecular complexity index is 1110. The predicted octanol–water partition coefficient (Wildman–Crippen LogP) is 6.27. The van der Waals surface area contributed by atoms with Gasteiger partial charge in [-0.15, -0.1) is 13.2 Å². The highest BCUT2D eigenvalue weighted by Gasteiger charge is 2.38. The molecule has 5 nitrogen and oxygen atoms in total. The predicted molar refractivity (Wildman–Crippen MR) is 126 cm³/mol. The summed E-state index contributed by atoms with van der Waals surface area (Å²) in [6, 6.07) is 20.1. The Morgan fingerprint density at radius 2 is 1.39 bits per heavy atom. The Balaban J connectivity index is 2.22. The largest absolute Gasteiger partial charge is 0.573 e. The Labute approximate surface area is 206 Å². The molecule has 0 bridgehead atoms. The molecule has 1 amide bonds. The van der Waals surface area contributed by atoms with Gasteiger partial charge < -0.3 is 19.5 Å². The van der Waals surface area contributed by atoms with Crippen LogP contribution in [0.4, 0.5) is 26.7 Å². The van der Waals surface area contributed by atoms with Crippen LogP contribution >= 0.6 is 9.24 Å². The fourth-order valence-corrected chi connectivity index (χ4v) is 4.02. The summed E-state index contributed by atoms with van der Waals surface area (Å²) < 4.78 is 79.5. The van der Waals surface area contributed by atoms with E-state index in [1.807, 2.05) is 0 Å². The normalized spacial score (nSPS) is 13.4.